The van der Waals surface area contributed by atoms with Crippen molar-refractivity contribution in [3.05, 3.63) is 42.2 Å². The molecule has 0 fully saturated rings. The number of H-pyrrole nitrogens is 1. The van der Waals surface area contributed by atoms with Crippen LogP contribution in [-0.2, 0) is 4.74 Å². The van der Waals surface area contributed by atoms with E-state index in [1.54, 1.807) is 0 Å². The van der Waals surface area contributed by atoms with E-state index in [2.05, 4.69) is 14.7 Å². The predicted octanol–water partition coefficient (Wildman–Crippen LogP) is 2.50. The van der Waals surface area contributed by atoms with Gasteiger partial charge >= 0.3 is 5.97 Å². The number of ether oxygens (including phenoxy) is 1. The van der Waals surface area contributed by atoms with Crippen LogP contribution >= 0.6 is 0 Å². The Morgan fingerprint density at radius 2 is 2.24 bits per heavy atom. The van der Waals surface area contributed by atoms with Crippen molar-refractivity contribution in [2.24, 2.45) is 0 Å². The number of aromatic amines is 1. The molecule has 1 aromatic carbocycles. The van der Waals surface area contributed by atoms with Gasteiger partial charge in [0.1, 0.15) is 5.69 Å². The summed E-state index contributed by atoms with van der Waals surface area (Å²) >= 11 is 0. The lowest BCUT2D eigenvalue weighted by molar-refractivity contribution is 0.0594. The minimum Gasteiger partial charge on any atom is -0.464 e. The van der Waals surface area contributed by atoms with Crippen LogP contribution < -0.4 is 0 Å². The van der Waals surface area contributed by atoms with E-state index in [-0.39, 0.29) is 5.69 Å². The summed E-state index contributed by atoms with van der Waals surface area (Å²) in [6.45, 7) is 0. The van der Waals surface area contributed by atoms with Gasteiger partial charge in [-0.15, -0.1) is 0 Å². The Morgan fingerprint density at radius 3 is 3.12 bits per heavy atom. The van der Waals surface area contributed by atoms with E-state index >= 15 is 0 Å². The second kappa shape index (κ2) is 3.59. The van der Waals surface area contributed by atoms with E-state index in [0.29, 0.717) is 0 Å². The molecule has 17 heavy (non-hydrogen) atoms. The minimum atomic E-state index is -2.77. The van der Waals surface area contributed by atoms with Crippen molar-refractivity contribution in [1.82, 2.24) is 9.97 Å². The molecular weight excluding hydrogens is 216 g/mol. The number of benzene rings is 1. The normalized spacial score (nSPS) is 14.2. The van der Waals surface area contributed by atoms with Gasteiger partial charge < -0.3 is 9.72 Å². The van der Waals surface area contributed by atoms with E-state index in [0.717, 1.165) is 21.8 Å². The number of fused-ring (bicyclic) bond motifs is 3. The molecule has 3 aromatic rings. The third-order valence-electron chi connectivity index (χ3n) is 2.69. The first kappa shape index (κ1) is 7.06. The van der Waals surface area contributed by atoms with Crippen molar-refractivity contribution in [1.29, 1.82) is 0 Å². The fourth-order valence-electron chi connectivity index (χ4n) is 1.91. The van der Waals surface area contributed by atoms with Crippen molar-refractivity contribution in [2.75, 3.05) is 7.04 Å². The number of para-hydroxylation sites is 1. The summed E-state index contributed by atoms with van der Waals surface area (Å²) in [7, 11) is -2.77. The fourth-order valence-corrected chi connectivity index (χ4v) is 1.91. The molecule has 0 atom stereocenters. The number of pyridine rings is 1. The molecule has 0 bridgehead atoms. The van der Waals surface area contributed by atoms with Gasteiger partial charge in [-0.25, -0.2) is 9.78 Å². The van der Waals surface area contributed by atoms with Gasteiger partial charge in [0.05, 0.1) is 22.9 Å². The van der Waals surface area contributed by atoms with Crippen LogP contribution in [0, 0.1) is 0 Å². The van der Waals surface area contributed by atoms with Gasteiger partial charge in [0, 0.05) is 16.3 Å². The molecule has 0 radical (unpaired) electrons. The summed E-state index contributed by atoms with van der Waals surface area (Å²) in [5.41, 5.74) is 1.67. The lowest BCUT2D eigenvalue weighted by Crippen LogP contribution is -2.03. The molecule has 84 valence electrons. The highest BCUT2D eigenvalue weighted by Crippen LogP contribution is 2.24. The van der Waals surface area contributed by atoms with E-state index in [9.17, 15) is 4.79 Å². The minimum absolute atomic E-state index is 0.0293. The van der Waals surface area contributed by atoms with Crippen LogP contribution in [0.25, 0.3) is 21.8 Å². The van der Waals surface area contributed by atoms with E-state index in [1.807, 2.05) is 24.3 Å². The van der Waals surface area contributed by atoms with Crippen LogP contribution in [0.15, 0.2) is 36.5 Å². The van der Waals surface area contributed by atoms with Crippen molar-refractivity contribution >= 4 is 27.8 Å². The zero-order chi connectivity index (χ0) is 14.3. The highest BCUT2D eigenvalue weighted by molar-refractivity contribution is 6.08. The molecule has 0 aliphatic rings. The Morgan fingerprint density at radius 1 is 1.35 bits per heavy atom. The second-order valence-electron chi connectivity index (χ2n) is 3.68. The van der Waals surface area contributed by atoms with Crippen LogP contribution in [0.1, 0.15) is 14.6 Å². The van der Waals surface area contributed by atoms with Crippen LogP contribution in [0.3, 0.4) is 0 Å². The topological polar surface area (TPSA) is 55.0 Å². The molecule has 0 aliphatic carbocycles. The molecule has 0 spiro atoms. The Kier molecular flexibility index (Phi) is 1.49. The maximum Gasteiger partial charge on any atom is 0.356 e. The van der Waals surface area contributed by atoms with Gasteiger partial charge in [0.15, 0.2) is 0 Å². The molecule has 3 rings (SSSR count). The SMILES string of the molecule is [2H]C([2H])([2H])OC(=O)c1cc2c(cn1)[nH]c1ccccc12. The van der Waals surface area contributed by atoms with Crippen molar-refractivity contribution < 1.29 is 13.6 Å². The van der Waals surface area contributed by atoms with Crippen LogP contribution in [-0.4, -0.2) is 23.0 Å². The monoisotopic (exact) mass is 229 g/mol. The maximum absolute atomic E-state index is 11.7. The molecule has 0 saturated carbocycles. The van der Waals surface area contributed by atoms with Gasteiger partial charge in [-0.1, -0.05) is 18.2 Å². The van der Waals surface area contributed by atoms with Gasteiger partial charge in [-0.3, -0.25) is 0 Å². The van der Waals surface area contributed by atoms with Gasteiger partial charge in [-0.2, -0.15) is 0 Å². The second-order valence-corrected chi connectivity index (χ2v) is 3.68. The molecule has 0 aliphatic heterocycles. The zero-order valence-corrected chi connectivity index (χ0v) is 8.73. The molecule has 0 amide bonds. The summed E-state index contributed by atoms with van der Waals surface area (Å²) in [6.07, 6.45) is 1.49. The van der Waals surface area contributed by atoms with Gasteiger partial charge in [-0.05, 0) is 12.1 Å². The summed E-state index contributed by atoms with van der Waals surface area (Å²) in [5.74, 6) is -0.961. The molecule has 0 saturated heterocycles. The number of hydrogen-bond donors (Lipinski definition) is 1. The summed E-state index contributed by atoms with van der Waals surface area (Å²) < 4.78 is 25.1. The number of esters is 1. The number of nitrogens with zero attached hydrogens (tertiary/aromatic N) is 1. The molecule has 4 heteroatoms. The third-order valence-corrected chi connectivity index (χ3v) is 2.69. The number of nitrogens with one attached hydrogen (secondary N) is 1. The summed E-state index contributed by atoms with van der Waals surface area (Å²) in [4.78, 5) is 18.8. The third kappa shape index (κ3) is 1.45. The van der Waals surface area contributed by atoms with Crippen LogP contribution in [0.5, 0.6) is 0 Å². The van der Waals surface area contributed by atoms with Gasteiger partial charge in [0.2, 0.25) is 0 Å². The van der Waals surface area contributed by atoms with Crippen LogP contribution in [0.4, 0.5) is 0 Å². The van der Waals surface area contributed by atoms with E-state index in [4.69, 9.17) is 4.11 Å². The molecule has 2 aromatic heterocycles. The van der Waals surface area contributed by atoms with Crippen LogP contribution in [0.2, 0.25) is 0 Å². The fraction of sp³-hybridized carbons (Fsp3) is 0.0769. The maximum atomic E-state index is 11.7. The smallest absolute Gasteiger partial charge is 0.356 e. The molecule has 0 unspecified atom stereocenters. The predicted molar refractivity (Wildman–Crippen MR) is 64.9 cm³/mol. The Bertz CT molecular complexity index is 808. The number of carbonyl (C=O) groups is 1. The Labute approximate surface area is 101 Å². The molecule has 2 heterocycles. The lowest BCUT2D eigenvalue weighted by Gasteiger charge is -1.97. The van der Waals surface area contributed by atoms with Gasteiger partial charge in [0.25, 0.3) is 0 Å². The van der Waals surface area contributed by atoms with Crippen molar-refractivity contribution in [2.45, 2.75) is 0 Å². The first-order valence-electron chi connectivity index (χ1n) is 6.54. The number of aromatic nitrogens is 2. The molecule has 4 nitrogen and oxygen atoms in total. The highest BCUT2D eigenvalue weighted by Gasteiger charge is 2.10. The number of carbonyl (C=O) groups excluding carboxylic acids is 1. The van der Waals surface area contributed by atoms with E-state index < -0.39 is 13.0 Å². The summed E-state index contributed by atoms with van der Waals surface area (Å²) in [5, 5.41) is 1.74. The zero-order valence-electron chi connectivity index (χ0n) is 11.7. The first-order valence-corrected chi connectivity index (χ1v) is 5.04. The first-order chi connectivity index (χ1) is 9.44. The number of rotatable bonds is 1. The molecule has 1 N–H and O–H groups in total. The largest absolute Gasteiger partial charge is 0.464 e. The molecular formula is C13H10N2O2. The van der Waals surface area contributed by atoms with Crippen molar-refractivity contribution in [3.8, 4) is 0 Å². The summed E-state index contributed by atoms with van der Waals surface area (Å²) in [6, 6.07) is 9.14. The standard InChI is InChI=1S/C13H10N2O2/c1-17-13(16)11-6-9-8-4-2-3-5-10(8)15-12(9)7-14-11/h2-7,15H,1H3/i1D3. The quantitative estimate of drug-likeness (QED) is 0.652. The average molecular weight is 229 g/mol. The number of methoxy groups -OCH3 is 1. The van der Waals surface area contributed by atoms with E-state index in [1.165, 1.54) is 12.3 Å². The highest BCUT2D eigenvalue weighted by atomic mass is 16.5. The average Bonchev–Trinajstić information content (AvgIpc) is 2.74. The Hall–Kier alpha value is -2.36. The number of hydrogen-bond acceptors (Lipinski definition) is 3. The lowest BCUT2D eigenvalue weighted by atomic mass is 10.1. The Balaban J connectivity index is 2.10. The van der Waals surface area contributed by atoms with Crippen molar-refractivity contribution in [3.63, 3.8) is 0 Å².